The molecule has 2 heteroatoms. The predicted octanol–water partition coefficient (Wildman–Crippen LogP) is 8.79. The number of nitrogens with two attached hydrogens (primary N) is 1. The lowest BCUT2D eigenvalue weighted by atomic mass is 9.89. The summed E-state index contributed by atoms with van der Waals surface area (Å²) >= 11 is 0. The normalized spacial score (nSPS) is 12.4. The Morgan fingerprint density at radius 2 is 0.767 bits per heavy atom. The van der Waals surface area contributed by atoms with Gasteiger partial charge in [0.2, 0.25) is 0 Å². The second kappa shape index (κ2) is 20.8. The first-order valence-electron chi connectivity index (χ1n) is 13.8. The molecule has 0 aromatic heterocycles. The molecule has 182 valence electrons. The van der Waals surface area contributed by atoms with Gasteiger partial charge in [-0.2, -0.15) is 0 Å². The van der Waals surface area contributed by atoms with Crippen LogP contribution in [-0.2, 0) is 0 Å². The van der Waals surface area contributed by atoms with Crippen molar-refractivity contribution in [3.8, 4) is 0 Å². The average Bonchev–Trinajstić information content (AvgIpc) is 2.70. The van der Waals surface area contributed by atoms with E-state index in [0.717, 1.165) is 37.5 Å². The van der Waals surface area contributed by atoms with Gasteiger partial charge in [0.25, 0.3) is 0 Å². The van der Waals surface area contributed by atoms with Crippen molar-refractivity contribution >= 4 is 0 Å². The molecule has 2 nitrogen and oxygen atoms in total. The lowest BCUT2D eigenvalue weighted by Gasteiger charge is -2.26. The molecule has 0 aliphatic carbocycles. The van der Waals surface area contributed by atoms with E-state index in [1.807, 2.05) is 0 Å². The summed E-state index contributed by atoms with van der Waals surface area (Å²) in [5, 5.41) is 10.8. The fourth-order valence-corrected chi connectivity index (χ4v) is 4.46. The van der Waals surface area contributed by atoms with Crippen LogP contribution in [0.25, 0.3) is 0 Å². The average molecular weight is 426 g/mol. The number of aliphatic hydroxyl groups is 1. The van der Waals surface area contributed by atoms with Crippen LogP contribution in [0.3, 0.4) is 0 Å². The van der Waals surface area contributed by atoms with Gasteiger partial charge in [-0.05, 0) is 24.7 Å². The Hall–Kier alpha value is -0.0800. The van der Waals surface area contributed by atoms with E-state index in [1.165, 1.54) is 103 Å². The summed E-state index contributed by atoms with van der Waals surface area (Å²) in [6, 6.07) is 0. The summed E-state index contributed by atoms with van der Waals surface area (Å²) in [5.41, 5.74) is 5.31. The van der Waals surface area contributed by atoms with Crippen molar-refractivity contribution in [1.82, 2.24) is 0 Å². The Balaban J connectivity index is 3.49. The summed E-state index contributed by atoms with van der Waals surface area (Å²) in [6.07, 6.45) is 25.9. The zero-order valence-corrected chi connectivity index (χ0v) is 21.5. The van der Waals surface area contributed by atoms with Crippen LogP contribution >= 0.6 is 0 Å². The highest BCUT2D eigenvalue weighted by Gasteiger charge is 2.23. The lowest BCUT2D eigenvalue weighted by Crippen LogP contribution is -2.37. The van der Waals surface area contributed by atoms with Crippen molar-refractivity contribution in [3.63, 3.8) is 0 Å². The molecule has 0 rings (SSSR count). The monoisotopic (exact) mass is 425 g/mol. The molecule has 0 bridgehead atoms. The van der Waals surface area contributed by atoms with Gasteiger partial charge in [-0.3, -0.25) is 0 Å². The van der Waals surface area contributed by atoms with Crippen molar-refractivity contribution in [2.24, 2.45) is 17.6 Å². The van der Waals surface area contributed by atoms with E-state index in [9.17, 15) is 5.11 Å². The minimum Gasteiger partial charge on any atom is -0.389 e. The lowest BCUT2D eigenvalue weighted by molar-refractivity contribution is 0.0264. The Morgan fingerprint density at radius 3 is 1.03 bits per heavy atom. The molecule has 0 aliphatic heterocycles. The molecule has 0 unspecified atom stereocenters. The third kappa shape index (κ3) is 21.2. The van der Waals surface area contributed by atoms with Crippen molar-refractivity contribution < 1.29 is 5.11 Å². The molecule has 0 spiro atoms. The molecule has 0 heterocycles. The maximum absolute atomic E-state index is 10.8. The summed E-state index contributed by atoms with van der Waals surface area (Å²) in [7, 11) is 0. The molecule has 0 amide bonds. The topological polar surface area (TPSA) is 46.2 Å². The first-order chi connectivity index (χ1) is 14.4. The second-order valence-corrected chi connectivity index (χ2v) is 11.0. The molecule has 0 saturated carbocycles. The van der Waals surface area contributed by atoms with Crippen LogP contribution in [0.15, 0.2) is 0 Å². The molecule has 0 saturated heterocycles. The highest BCUT2D eigenvalue weighted by molar-refractivity contribution is 4.79. The smallest absolute Gasteiger partial charge is 0.0769 e. The van der Waals surface area contributed by atoms with E-state index in [-0.39, 0.29) is 0 Å². The van der Waals surface area contributed by atoms with Crippen molar-refractivity contribution in [2.45, 2.75) is 162 Å². The Morgan fingerprint density at radius 1 is 0.500 bits per heavy atom. The van der Waals surface area contributed by atoms with Crippen LogP contribution in [0.2, 0.25) is 0 Å². The van der Waals surface area contributed by atoms with Crippen LogP contribution < -0.4 is 5.73 Å². The fraction of sp³-hybridized carbons (Fsp3) is 1.00. The van der Waals surface area contributed by atoms with Crippen molar-refractivity contribution in [2.75, 3.05) is 6.54 Å². The molecule has 0 atom stereocenters. The first kappa shape index (κ1) is 29.9. The van der Waals surface area contributed by atoms with Gasteiger partial charge in [0.05, 0.1) is 5.60 Å². The van der Waals surface area contributed by atoms with Crippen LogP contribution in [-0.4, -0.2) is 17.3 Å². The molecule has 30 heavy (non-hydrogen) atoms. The maximum Gasteiger partial charge on any atom is 0.0769 e. The van der Waals surface area contributed by atoms with Gasteiger partial charge in [0.15, 0.2) is 0 Å². The summed E-state index contributed by atoms with van der Waals surface area (Å²) in [5.74, 6) is 1.71. The summed E-state index contributed by atoms with van der Waals surface area (Å²) in [4.78, 5) is 0. The van der Waals surface area contributed by atoms with Gasteiger partial charge in [-0.1, -0.05) is 143 Å². The summed E-state index contributed by atoms with van der Waals surface area (Å²) < 4.78 is 0. The van der Waals surface area contributed by atoms with E-state index < -0.39 is 5.60 Å². The van der Waals surface area contributed by atoms with Gasteiger partial charge >= 0.3 is 0 Å². The van der Waals surface area contributed by atoms with Crippen molar-refractivity contribution in [3.05, 3.63) is 0 Å². The quantitative estimate of drug-likeness (QED) is 0.161. The Kier molecular flexibility index (Phi) is 20.7. The second-order valence-electron chi connectivity index (χ2n) is 11.0. The summed E-state index contributed by atoms with van der Waals surface area (Å²) in [6.45, 7) is 9.70. The zero-order chi connectivity index (χ0) is 22.5. The molecular formula is C28H59NO. The third-order valence-electron chi connectivity index (χ3n) is 6.73. The standard InChI is InChI=1S/C28H59NO/c1-26(2)21-17-13-9-5-7-11-15-19-23-28(30,25-29)24-20-16-12-8-6-10-14-18-22-27(3)4/h26-27,30H,5-25,29H2,1-4H3. The number of hydrogen-bond acceptors (Lipinski definition) is 2. The molecule has 0 radical (unpaired) electrons. The van der Waals surface area contributed by atoms with Crippen LogP contribution in [0, 0.1) is 11.8 Å². The van der Waals surface area contributed by atoms with E-state index in [4.69, 9.17) is 5.73 Å². The molecular weight excluding hydrogens is 366 g/mol. The number of unbranched alkanes of at least 4 members (excludes halogenated alkanes) is 14. The Bertz CT molecular complexity index is 312. The third-order valence-corrected chi connectivity index (χ3v) is 6.73. The predicted molar refractivity (Wildman–Crippen MR) is 136 cm³/mol. The van der Waals surface area contributed by atoms with Gasteiger partial charge in [0.1, 0.15) is 0 Å². The number of rotatable bonds is 23. The molecule has 0 fully saturated rings. The highest BCUT2D eigenvalue weighted by atomic mass is 16.3. The largest absolute Gasteiger partial charge is 0.389 e. The molecule has 0 aromatic rings. The maximum atomic E-state index is 10.8. The first-order valence-corrected chi connectivity index (χ1v) is 13.8. The van der Waals surface area contributed by atoms with E-state index in [1.54, 1.807) is 0 Å². The highest BCUT2D eigenvalue weighted by Crippen LogP contribution is 2.23. The van der Waals surface area contributed by atoms with Crippen LogP contribution in [0.5, 0.6) is 0 Å². The molecule has 0 aromatic carbocycles. The van der Waals surface area contributed by atoms with E-state index in [2.05, 4.69) is 27.7 Å². The van der Waals surface area contributed by atoms with Gasteiger partial charge in [-0.25, -0.2) is 0 Å². The SMILES string of the molecule is CC(C)CCCCCCCCCCC(O)(CN)CCCCCCCCCCC(C)C. The molecule has 3 N–H and O–H groups in total. The zero-order valence-electron chi connectivity index (χ0n) is 21.5. The van der Waals surface area contributed by atoms with Crippen LogP contribution in [0.1, 0.15) is 156 Å². The minimum atomic E-state index is -0.603. The number of hydrogen-bond donors (Lipinski definition) is 2. The van der Waals surface area contributed by atoms with Gasteiger partial charge < -0.3 is 10.8 Å². The van der Waals surface area contributed by atoms with Crippen LogP contribution in [0.4, 0.5) is 0 Å². The van der Waals surface area contributed by atoms with Gasteiger partial charge in [0, 0.05) is 6.54 Å². The molecule has 0 aliphatic rings. The minimum absolute atomic E-state index is 0.429. The van der Waals surface area contributed by atoms with Gasteiger partial charge in [-0.15, -0.1) is 0 Å². The Labute approximate surface area is 191 Å². The van der Waals surface area contributed by atoms with E-state index in [0.29, 0.717) is 6.54 Å². The fourth-order valence-electron chi connectivity index (χ4n) is 4.46. The van der Waals surface area contributed by atoms with Crippen molar-refractivity contribution in [1.29, 1.82) is 0 Å². The van der Waals surface area contributed by atoms with E-state index >= 15 is 0 Å².